The zero-order chi connectivity index (χ0) is 14.9. The van der Waals surface area contributed by atoms with Crippen LogP contribution in [-0.2, 0) is 6.18 Å². The summed E-state index contributed by atoms with van der Waals surface area (Å²) in [7, 11) is 0. The van der Waals surface area contributed by atoms with Gasteiger partial charge in [-0.3, -0.25) is 4.90 Å². The second-order valence-corrected chi connectivity index (χ2v) is 4.89. The maximum atomic E-state index is 12.7. The highest BCUT2D eigenvalue weighted by Crippen LogP contribution is 2.30. The van der Waals surface area contributed by atoms with E-state index in [0.29, 0.717) is 13.1 Å². The number of nitrogens with zero attached hydrogens (tertiary/aromatic N) is 4. The van der Waals surface area contributed by atoms with E-state index >= 15 is 0 Å². The monoisotopic (exact) mass is 289 g/mol. The molecule has 2 heterocycles. The van der Waals surface area contributed by atoms with Crippen molar-refractivity contribution in [2.75, 3.05) is 36.8 Å². The van der Waals surface area contributed by atoms with Crippen LogP contribution < -0.4 is 10.6 Å². The summed E-state index contributed by atoms with van der Waals surface area (Å²) in [5, 5.41) is 0. The first-order valence-corrected chi connectivity index (χ1v) is 6.52. The van der Waals surface area contributed by atoms with E-state index in [2.05, 4.69) is 21.8 Å². The number of rotatable bonds is 2. The van der Waals surface area contributed by atoms with Crippen molar-refractivity contribution in [3.05, 3.63) is 11.8 Å². The molecule has 8 heteroatoms. The standard InChI is InChI=1S/C12H18F3N5/c1-3-19-4-5-20(7-8(19)2)10-6-9(12(13,14)15)17-11(16)18-10/h6,8H,3-5,7H2,1-2H3,(H2,16,17,18). The number of likely N-dealkylation sites (N-methyl/N-ethyl adjacent to an activating group) is 1. The average molecular weight is 289 g/mol. The second kappa shape index (κ2) is 5.43. The third kappa shape index (κ3) is 3.12. The molecule has 2 rings (SSSR count). The van der Waals surface area contributed by atoms with E-state index in [9.17, 15) is 13.2 Å². The van der Waals surface area contributed by atoms with Gasteiger partial charge in [-0.1, -0.05) is 6.92 Å². The minimum atomic E-state index is -4.51. The fourth-order valence-corrected chi connectivity index (χ4v) is 2.43. The topological polar surface area (TPSA) is 58.3 Å². The van der Waals surface area contributed by atoms with Crippen molar-refractivity contribution in [3.63, 3.8) is 0 Å². The van der Waals surface area contributed by atoms with Gasteiger partial charge < -0.3 is 10.6 Å². The molecule has 1 aromatic rings. The Morgan fingerprint density at radius 1 is 1.35 bits per heavy atom. The molecule has 20 heavy (non-hydrogen) atoms. The van der Waals surface area contributed by atoms with Gasteiger partial charge in [0, 0.05) is 31.7 Å². The normalized spacial score (nSPS) is 21.2. The molecule has 1 aromatic heterocycles. The first-order valence-electron chi connectivity index (χ1n) is 6.52. The van der Waals surface area contributed by atoms with Crippen LogP contribution in [0.5, 0.6) is 0 Å². The number of nitrogens with two attached hydrogens (primary N) is 1. The van der Waals surface area contributed by atoms with Crippen molar-refractivity contribution in [2.45, 2.75) is 26.1 Å². The van der Waals surface area contributed by atoms with Crippen molar-refractivity contribution in [3.8, 4) is 0 Å². The van der Waals surface area contributed by atoms with Crippen LogP contribution in [0.3, 0.4) is 0 Å². The van der Waals surface area contributed by atoms with Crippen LogP contribution in [0.15, 0.2) is 6.07 Å². The lowest BCUT2D eigenvalue weighted by Crippen LogP contribution is -2.52. The summed E-state index contributed by atoms with van der Waals surface area (Å²) in [6.07, 6.45) is -4.51. The molecule has 1 saturated heterocycles. The first-order chi connectivity index (χ1) is 9.31. The molecular weight excluding hydrogens is 271 g/mol. The molecule has 1 fully saturated rings. The molecule has 2 N–H and O–H groups in total. The third-order valence-corrected chi connectivity index (χ3v) is 3.52. The van der Waals surface area contributed by atoms with E-state index < -0.39 is 11.9 Å². The van der Waals surface area contributed by atoms with Crippen molar-refractivity contribution in [1.29, 1.82) is 0 Å². The van der Waals surface area contributed by atoms with E-state index in [0.717, 1.165) is 19.2 Å². The molecule has 1 atom stereocenters. The molecule has 0 aliphatic carbocycles. The van der Waals surface area contributed by atoms with Crippen molar-refractivity contribution in [1.82, 2.24) is 14.9 Å². The highest BCUT2D eigenvalue weighted by molar-refractivity contribution is 5.44. The lowest BCUT2D eigenvalue weighted by Gasteiger charge is -2.40. The van der Waals surface area contributed by atoms with Crippen molar-refractivity contribution >= 4 is 11.8 Å². The number of piperazine rings is 1. The summed E-state index contributed by atoms with van der Waals surface area (Å²) >= 11 is 0. The van der Waals surface area contributed by atoms with Gasteiger partial charge in [0.05, 0.1) is 0 Å². The van der Waals surface area contributed by atoms with Gasteiger partial charge in [-0.2, -0.15) is 18.2 Å². The summed E-state index contributed by atoms with van der Waals surface area (Å²) < 4.78 is 38.2. The van der Waals surface area contributed by atoms with Crippen LogP contribution in [-0.4, -0.2) is 47.1 Å². The minimum absolute atomic E-state index is 0.243. The molecular formula is C12H18F3N5. The van der Waals surface area contributed by atoms with Gasteiger partial charge in [-0.05, 0) is 13.5 Å². The second-order valence-electron chi connectivity index (χ2n) is 4.89. The zero-order valence-electron chi connectivity index (χ0n) is 11.5. The summed E-state index contributed by atoms with van der Waals surface area (Å²) in [6.45, 7) is 7.09. The average Bonchev–Trinajstić information content (AvgIpc) is 2.37. The van der Waals surface area contributed by atoms with Gasteiger partial charge in [0.15, 0.2) is 5.69 Å². The summed E-state index contributed by atoms with van der Waals surface area (Å²) in [5.41, 5.74) is 4.40. The summed E-state index contributed by atoms with van der Waals surface area (Å²) in [4.78, 5) is 11.3. The molecule has 0 saturated carbocycles. The van der Waals surface area contributed by atoms with Gasteiger partial charge in [0.2, 0.25) is 5.95 Å². The number of hydrogen-bond acceptors (Lipinski definition) is 5. The summed E-state index contributed by atoms with van der Waals surface area (Å²) in [6, 6.07) is 1.23. The molecule has 1 unspecified atom stereocenters. The highest BCUT2D eigenvalue weighted by Gasteiger charge is 2.34. The lowest BCUT2D eigenvalue weighted by atomic mass is 10.2. The fourth-order valence-electron chi connectivity index (χ4n) is 2.43. The minimum Gasteiger partial charge on any atom is -0.368 e. The number of alkyl halides is 3. The number of aromatic nitrogens is 2. The molecule has 0 aromatic carbocycles. The third-order valence-electron chi connectivity index (χ3n) is 3.52. The maximum Gasteiger partial charge on any atom is 0.433 e. The van der Waals surface area contributed by atoms with Gasteiger partial charge in [-0.15, -0.1) is 0 Å². The Hall–Kier alpha value is -1.57. The van der Waals surface area contributed by atoms with Crippen molar-refractivity contribution < 1.29 is 13.2 Å². The molecule has 1 aliphatic heterocycles. The van der Waals surface area contributed by atoms with Gasteiger partial charge in [0.25, 0.3) is 0 Å². The smallest absolute Gasteiger partial charge is 0.368 e. The quantitative estimate of drug-likeness (QED) is 0.896. The van der Waals surface area contributed by atoms with Crippen LogP contribution in [0.1, 0.15) is 19.5 Å². The van der Waals surface area contributed by atoms with Gasteiger partial charge in [0.1, 0.15) is 5.82 Å². The number of hydrogen-bond donors (Lipinski definition) is 1. The Morgan fingerprint density at radius 3 is 2.60 bits per heavy atom. The molecule has 1 aliphatic rings. The maximum absolute atomic E-state index is 12.7. The predicted molar refractivity (Wildman–Crippen MR) is 70.4 cm³/mol. The Kier molecular flexibility index (Phi) is 4.03. The Balaban J connectivity index is 2.23. The fraction of sp³-hybridized carbons (Fsp3) is 0.667. The molecule has 112 valence electrons. The Morgan fingerprint density at radius 2 is 2.05 bits per heavy atom. The van der Waals surface area contributed by atoms with Gasteiger partial charge in [-0.25, -0.2) is 4.98 Å². The number of anilines is 2. The van der Waals surface area contributed by atoms with Crippen LogP contribution in [0.25, 0.3) is 0 Å². The van der Waals surface area contributed by atoms with Crippen LogP contribution in [0.4, 0.5) is 24.9 Å². The molecule has 0 spiro atoms. The predicted octanol–water partition coefficient (Wildman–Crippen LogP) is 1.61. The van der Waals surface area contributed by atoms with E-state index in [-0.39, 0.29) is 17.8 Å². The van der Waals surface area contributed by atoms with Crippen molar-refractivity contribution in [2.24, 2.45) is 0 Å². The number of nitrogen functional groups attached to an aromatic ring is 1. The van der Waals surface area contributed by atoms with E-state index in [1.807, 2.05) is 11.8 Å². The zero-order valence-corrected chi connectivity index (χ0v) is 11.5. The SMILES string of the molecule is CCN1CCN(c2cc(C(F)(F)F)nc(N)n2)CC1C. The van der Waals surface area contributed by atoms with Crippen LogP contribution in [0, 0.1) is 0 Å². The van der Waals surface area contributed by atoms with E-state index in [1.54, 1.807) is 0 Å². The molecule has 0 radical (unpaired) electrons. The molecule has 0 bridgehead atoms. The molecule has 5 nitrogen and oxygen atoms in total. The lowest BCUT2D eigenvalue weighted by molar-refractivity contribution is -0.141. The van der Waals surface area contributed by atoms with E-state index in [4.69, 9.17) is 5.73 Å². The molecule has 0 amide bonds. The van der Waals surface area contributed by atoms with Gasteiger partial charge >= 0.3 is 6.18 Å². The Bertz CT molecular complexity index is 477. The summed E-state index contributed by atoms with van der Waals surface area (Å²) in [5.74, 6) is -0.104. The number of halogens is 3. The van der Waals surface area contributed by atoms with E-state index in [1.165, 1.54) is 0 Å². The van der Waals surface area contributed by atoms with Crippen LogP contribution >= 0.6 is 0 Å². The Labute approximate surface area is 115 Å². The largest absolute Gasteiger partial charge is 0.433 e. The highest BCUT2D eigenvalue weighted by atomic mass is 19.4. The first kappa shape index (κ1) is 14.8. The van der Waals surface area contributed by atoms with Crippen LogP contribution in [0.2, 0.25) is 0 Å².